The van der Waals surface area contributed by atoms with Crippen molar-refractivity contribution in [3.05, 3.63) is 65.2 Å². The quantitative estimate of drug-likeness (QED) is 0.537. The second-order valence-electron chi connectivity index (χ2n) is 6.01. The van der Waals surface area contributed by atoms with Crippen molar-refractivity contribution in [2.45, 2.75) is 6.54 Å². The van der Waals surface area contributed by atoms with Crippen molar-refractivity contribution in [2.75, 3.05) is 11.9 Å². The SMILES string of the molecule is O=C(Cn1cnc2ccccc2c1=O)NCC(=O)Nc1nc2ccccc2s1. The van der Waals surface area contributed by atoms with E-state index in [9.17, 15) is 14.4 Å². The Labute approximate surface area is 162 Å². The monoisotopic (exact) mass is 393 g/mol. The fourth-order valence-corrected chi connectivity index (χ4v) is 3.58. The molecule has 2 aromatic heterocycles. The molecule has 0 atom stereocenters. The minimum absolute atomic E-state index is 0.217. The zero-order valence-corrected chi connectivity index (χ0v) is 15.4. The molecule has 2 aromatic carbocycles. The lowest BCUT2D eigenvalue weighted by Crippen LogP contribution is -2.37. The van der Waals surface area contributed by atoms with Gasteiger partial charge in [-0.3, -0.25) is 19.0 Å². The largest absolute Gasteiger partial charge is 0.345 e. The number of nitrogens with zero attached hydrogens (tertiary/aromatic N) is 3. The molecule has 0 bridgehead atoms. The number of hydrogen-bond acceptors (Lipinski definition) is 6. The van der Waals surface area contributed by atoms with Gasteiger partial charge in [0.25, 0.3) is 5.56 Å². The highest BCUT2D eigenvalue weighted by Gasteiger charge is 2.11. The van der Waals surface area contributed by atoms with E-state index >= 15 is 0 Å². The van der Waals surface area contributed by atoms with Gasteiger partial charge in [-0.2, -0.15) is 0 Å². The van der Waals surface area contributed by atoms with E-state index in [1.54, 1.807) is 24.3 Å². The van der Waals surface area contributed by atoms with Gasteiger partial charge in [-0.1, -0.05) is 35.6 Å². The van der Waals surface area contributed by atoms with Crippen LogP contribution in [0.3, 0.4) is 0 Å². The van der Waals surface area contributed by atoms with Gasteiger partial charge in [0.05, 0.1) is 34.0 Å². The molecule has 2 heterocycles. The van der Waals surface area contributed by atoms with Crippen LogP contribution in [-0.2, 0) is 16.1 Å². The Morgan fingerprint density at radius 1 is 1.00 bits per heavy atom. The lowest BCUT2D eigenvalue weighted by atomic mass is 10.2. The number of fused-ring (bicyclic) bond motifs is 2. The molecule has 0 saturated heterocycles. The first-order valence-corrected chi connectivity index (χ1v) is 9.28. The van der Waals surface area contributed by atoms with Gasteiger partial charge in [0, 0.05) is 0 Å². The maximum atomic E-state index is 12.4. The normalized spacial score (nSPS) is 10.9. The van der Waals surface area contributed by atoms with E-state index in [-0.39, 0.29) is 18.6 Å². The third-order valence-electron chi connectivity index (χ3n) is 4.03. The lowest BCUT2D eigenvalue weighted by molar-refractivity contribution is -0.124. The molecule has 0 aliphatic carbocycles. The number of carbonyl (C=O) groups excluding carboxylic acids is 2. The summed E-state index contributed by atoms with van der Waals surface area (Å²) in [6.07, 6.45) is 1.32. The minimum Gasteiger partial charge on any atom is -0.345 e. The van der Waals surface area contributed by atoms with E-state index in [0.717, 1.165) is 10.2 Å². The van der Waals surface area contributed by atoms with E-state index in [2.05, 4.69) is 20.6 Å². The molecule has 2 amide bonds. The van der Waals surface area contributed by atoms with Gasteiger partial charge in [0.15, 0.2) is 5.13 Å². The summed E-state index contributed by atoms with van der Waals surface area (Å²) in [5.74, 6) is -0.852. The molecule has 0 saturated carbocycles. The van der Waals surface area contributed by atoms with E-state index in [1.165, 1.54) is 22.2 Å². The second-order valence-corrected chi connectivity index (χ2v) is 7.04. The average Bonchev–Trinajstić information content (AvgIpc) is 3.11. The molecule has 0 aliphatic rings. The van der Waals surface area contributed by atoms with Crippen molar-refractivity contribution in [1.29, 1.82) is 0 Å². The molecule has 4 rings (SSSR count). The topological polar surface area (TPSA) is 106 Å². The van der Waals surface area contributed by atoms with Crippen LogP contribution < -0.4 is 16.2 Å². The minimum atomic E-state index is -0.460. The molecule has 0 unspecified atom stereocenters. The van der Waals surface area contributed by atoms with Gasteiger partial charge < -0.3 is 10.6 Å². The second kappa shape index (κ2) is 7.57. The average molecular weight is 393 g/mol. The molecule has 28 heavy (non-hydrogen) atoms. The Balaban J connectivity index is 1.36. The van der Waals surface area contributed by atoms with E-state index in [1.807, 2.05) is 24.3 Å². The summed E-state index contributed by atoms with van der Waals surface area (Å²) in [5.41, 5.74) is 1.06. The molecule has 4 aromatic rings. The standard InChI is InChI=1S/C19H15N5O3S/c25-16(23-19-22-14-7-3-4-8-15(14)28-19)9-20-17(26)10-24-11-21-13-6-2-1-5-12(13)18(24)27/h1-8,11H,9-10H2,(H,20,26)(H,22,23,25). The van der Waals surface area contributed by atoms with Crippen LogP contribution in [0, 0.1) is 0 Å². The van der Waals surface area contributed by atoms with Crippen LogP contribution in [-0.4, -0.2) is 32.9 Å². The maximum Gasteiger partial charge on any atom is 0.261 e. The fraction of sp³-hybridized carbons (Fsp3) is 0.105. The number of thiazole rings is 1. The predicted octanol–water partition coefficient (Wildman–Crippen LogP) is 1.76. The first kappa shape index (κ1) is 17.8. The molecule has 8 nitrogen and oxygen atoms in total. The number of amides is 2. The smallest absolute Gasteiger partial charge is 0.261 e. The van der Waals surface area contributed by atoms with Gasteiger partial charge in [-0.05, 0) is 24.3 Å². The summed E-state index contributed by atoms with van der Waals surface area (Å²) in [6, 6.07) is 14.5. The van der Waals surface area contributed by atoms with Crippen LogP contribution in [0.1, 0.15) is 0 Å². The highest BCUT2D eigenvalue weighted by molar-refractivity contribution is 7.22. The summed E-state index contributed by atoms with van der Waals surface area (Å²) in [6.45, 7) is -0.435. The molecule has 0 radical (unpaired) electrons. The highest BCUT2D eigenvalue weighted by Crippen LogP contribution is 2.25. The number of nitrogens with one attached hydrogen (secondary N) is 2. The third kappa shape index (κ3) is 3.74. The molecule has 0 fully saturated rings. The Morgan fingerprint density at radius 3 is 2.57 bits per heavy atom. The Morgan fingerprint density at radius 2 is 1.75 bits per heavy atom. The fourth-order valence-electron chi connectivity index (χ4n) is 2.70. The molecule has 140 valence electrons. The molecule has 0 aliphatic heterocycles. The lowest BCUT2D eigenvalue weighted by Gasteiger charge is -2.07. The Bertz CT molecular complexity index is 1210. The van der Waals surface area contributed by atoms with Gasteiger partial charge in [-0.15, -0.1) is 0 Å². The maximum absolute atomic E-state index is 12.4. The van der Waals surface area contributed by atoms with E-state index < -0.39 is 11.8 Å². The molecular formula is C19H15N5O3S. The molecule has 9 heteroatoms. The van der Waals surface area contributed by atoms with Crippen molar-refractivity contribution in [3.8, 4) is 0 Å². The number of hydrogen-bond donors (Lipinski definition) is 2. The number of benzene rings is 2. The number of para-hydroxylation sites is 2. The Hall–Kier alpha value is -3.59. The van der Waals surface area contributed by atoms with Crippen molar-refractivity contribution in [3.63, 3.8) is 0 Å². The van der Waals surface area contributed by atoms with Crippen LogP contribution in [0.2, 0.25) is 0 Å². The van der Waals surface area contributed by atoms with Crippen molar-refractivity contribution < 1.29 is 9.59 Å². The number of carbonyl (C=O) groups is 2. The highest BCUT2D eigenvalue weighted by atomic mass is 32.1. The Kier molecular flexibility index (Phi) is 4.81. The van der Waals surface area contributed by atoms with Crippen LogP contribution in [0.4, 0.5) is 5.13 Å². The van der Waals surface area contributed by atoms with Crippen molar-refractivity contribution in [2.24, 2.45) is 0 Å². The molecular weight excluding hydrogens is 378 g/mol. The van der Waals surface area contributed by atoms with Gasteiger partial charge in [0.2, 0.25) is 11.8 Å². The third-order valence-corrected chi connectivity index (χ3v) is 4.98. The molecule has 2 N–H and O–H groups in total. The zero-order chi connectivity index (χ0) is 19.5. The van der Waals surface area contributed by atoms with Gasteiger partial charge in [0.1, 0.15) is 6.54 Å². The van der Waals surface area contributed by atoms with Crippen molar-refractivity contribution >= 4 is 49.4 Å². The van der Waals surface area contributed by atoms with E-state index in [4.69, 9.17) is 0 Å². The van der Waals surface area contributed by atoms with Crippen LogP contribution in [0.25, 0.3) is 21.1 Å². The first-order valence-electron chi connectivity index (χ1n) is 8.46. The summed E-state index contributed by atoms with van der Waals surface area (Å²) in [4.78, 5) is 45.0. The summed E-state index contributed by atoms with van der Waals surface area (Å²) >= 11 is 1.36. The van der Waals surface area contributed by atoms with E-state index in [0.29, 0.717) is 16.0 Å². The summed E-state index contributed by atoms with van der Waals surface area (Å²) in [7, 11) is 0. The first-order chi connectivity index (χ1) is 13.6. The van der Waals surface area contributed by atoms with Crippen molar-refractivity contribution in [1.82, 2.24) is 19.9 Å². The van der Waals surface area contributed by atoms with Crippen LogP contribution in [0.15, 0.2) is 59.7 Å². The summed E-state index contributed by atoms with van der Waals surface area (Å²) in [5, 5.41) is 6.06. The predicted molar refractivity (Wildman–Crippen MR) is 107 cm³/mol. The van der Waals surface area contributed by atoms with Gasteiger partial charge in [-0.25, -0.2) is 9.97 Å². The number of aromatic nitrogens is 3. The van der Waals surface area contributed by atoms with Gasteiger partial charge >= 0.3 is 0 Å². The molecule has 0 spiro atoms. The van der Waals surface area contributed by atoms with Crippen LogP contribution in [0.5, 0.6) is 0 Å². The number of rotatable bonds is 5. The van der Waals surface area contributed by atoms with Crippen LogP contribution >= 0.6 is 11.3 Å². The number of anilines is 1. The zero-order valence-electron chi connectivity index (χ0n) is 14.6. The summed E-state index contributed by atoms with van der Waals surface area (Å²) < 4.78 is 2.17.